The number of benzene rings is 2. The molecule has 0 spiro atoms. The Balaban J connectivity index is 1.52. The monoisotopic (exact) mass is 619 g/mol. The number of hydrogen-bond acceptors (Lipinski definition) is 10. The van der Waals surface area contributed by atoms with Crippen LogP contribution in [-0.2, 0) is 10.5 Å². The number of anilines is 1. The molecule has 1 N–H and O–H groups in total. The zero-order chi connectivity index (χ0) is 30.5. The van der Waals surface area contributed by atoms with E-state index in [0.717, 1.165) is 12.0 Å². The van der Waals surface area contributed by atoms with E-state index in [4.69, 9.17) is 13.9 Å². The van der Waals surface area contributed by atoms with Crippen molar-refractivity contribution in [3.8, 4) is 11.5 Å². The number of rotatable bonds is 13. The summed E-state index contributed by atoms with van der Waals surface area (Å²) >= 11 is 2.71. The minimum absolute atomic E-state index is 0.0220. The summed E-state index contributed by atoms with van der Waals surface area (Å²) in [6, 6.07) is 17.4. The van der Waals surface area contributed by atoms with Crippen molar-refractivity contribution in [2.24, 2.45) is 5.92 Å². The number of aryl methyl sites for hydroxylation is 1. The summed E-state index contributed by atoms with van der Waals surface area (Å²) in [6.07, 6.45) is 0.873. The highest BCUT2D eigenvalue weighted by Gasteiger charge is 2.47. The molecular weight excluding hydrogens is 587 g/mol. The molecule has 224 valence electrons. The van der Waals surface area contributed by atoms with Crippen LogP contribution in [0.2, 0.25) is 0 Å². The largest absolute Gasteiger partial charge is 0.503 e. The highest BCUT2D eigenvalue weighted by molar-refractivity contribution is 8.00. The van der Waals surface area contributed by atoms with Crippen LogP contribution in [0.15, 0.2) is 80.8 Å². The molecule has 0 fully saturated rings. The fourth-order valence-corrected chi connectivity index (χ4v) is 6.43. The van der Waals surface area contributed by atoms with E-state index in [2.05, 4.69) is 24.0 Å². The normalized spacial score (nSPS) is 15.0. The Morgan fingerprint density at radius 3 is 2.58 bits per heavy atom. The van der Waals surface area contributed by atoms with E-state index in [1.54, 1.807) is 31.2 Å². The lowest BCUT2D eigenvalue weighted by Crippen LogP contribution is -2.31. The lowest BCUT2D eigenvalue weighted by Gasteiger charge is -2.25. The Labute approximate surface area is 258 Å². The number of carbonyl (C=O) groups excluding carboxylic acids is 2. The summed E-state index contributed by atoms with van der Waals surface area (Å²) in [4.78, 5) is 28.7. The first kappa shape index (κ1) is 30.4. The first-order valence-corrected chi connectivity index (χ1v) is 15.8. The number of amides is 1. The molecule has 0 aliphatic carbocycles. The van der Waals surface area contributed by atoms with Gasteiger partial charge in [0.25, 0.3) is 5.91 Å². The SMILES string of the molecule is CCOc1cc(C2C(C(=O)c3ccc(C)o3)=C(O)C(=O)N2c2nnc(SCc3ccccc3)s2)ccc1OCCC(C)C. The fourth-order valence-electron chi connectivity index (χ4n) is 4.60. The highest BCUT2D eigenvalue weighted by Crippen LogP contribution is 2.45. The molecule has 0 saturated heterocycles. The predicted octanol–water partition coefficient (Wildman–Crippen LogP) is 7.34. The van der Waals surface area contributed by atoms with E-state index in [1.807, 2.05) is 37.3 Å². The van der Waals surface area contributed by atoms with Gasteiger partial charge in [-0.25, -0.2) is 0 Å². The van der Waals surface area contributed by atoms with E-state index < -0.39 is 23.5 Å². The topological polar surface area (TPSA) is 115 Å². The highest BCUT2D eigenvalue weighted by atomic mass is 32.2. The van der Waals surface area contributed by atoms with Gasteiger partial charge in [0.1, 0.15) is 5.76 Å². The number of ketones is 1. The molecule has 4 aromatic rings. The van der Waals surface area contributed by atoms with Crippen molar-refractivity contribution >= 4 is 39.9 Å². The summed E-state index contributed by atoms with van der Waals surface area (Å²) in [5, 5.41) is 20.0. The molecule has 1 amide bonds. The van der Waals surface area contributed by atoms with Gasteiger partial charge in [-0.05, 0) is 61.6 Å². The quantitative estimate of drug-likeness (QED) is 0.0932. The number of ether oxygens (including phenoxy) is 2. The molecule has 0 bridgehead atoms. The summed E-state index contributed by atoms with van der Waals surface area (Å²) in [5.74, 6) is 0.733. The zero-order valence-corrected chi connectivity index (χ0v) is 26.0. The lowest BCUT2D eigenvalue weighted by molar-refractivity contribution is -0.117. The third-order valence-electron chi connectivity index (χ3n) is 6.76. The molecule has 3 heterocycles. The van der Waals surface area contributed by atoms with Crippen LogP contribution in [0.25, 0.3) is 0 Å². The van der Waals surface area contributed by atoms with Crippen LogP contribution in [-0.4, -0.2) is 40.2 Å². The number of aliphatic hydroxyl groups excluding tert-OH is 1. The number of thioether (sulfide) groups is 1. The number of furan rings is 1. The maximum absolute atomic E-state index is 13.7. The molecule has 1 atom stereocenters. The number of Topliss-reactive ketones (excluding diaryl/α,β-unsaturated/α-hetero) is 1. The third kappa shape index (κ3) is 6.78. The van der Waals surface area contributed by atoms with Crippen molar-refractivity contribution in [2.45, 2.75) is 50.3 Å². The van der Waals surface area contributed by atoms with Crippen molar-refractivity contribution in [2.75, 3.05) is 18.1 Å². The standard InChI is InChI=1S/C32H33N3O6S2/c1-5-39-25-17-22(12-14-23(25)40-16-15-19(2)3)27-26(28(36)24-13-11-20(4)41-24)29(37)30(38)35(27)31-33-34-32(43-31)42-18-21-9-7-6-8-10-21/h6-14,17,19,27,37H,5,15-16,18H2,1-4H3. The minimum atomic E-state index is -1.01. The van der Waals surface area contributed by atoms with E-state index in [-0.39, 0.29) is 16.5 Å². The Morgan fingerprint density at radius 1 is 1.09 bits per heavy atom. The third-order valence-corrected chi connectivity index (χ3v) is 8.89. The van der Waals surface area contributed by atoms with Gasteiger partial charge in [0, 0.05) is 5.75 Å². The van der Waals surface area contributed by atoms with Gasteiger partial charge in [-0.3, -0.25) is 14.5 Å². The van der Waals surface area contributed by atoms with Gasteiger partial charge in [0.05, 0.1) is 24.8 Å². The van der Waals surface area contributed by atoms with Gasteiger partial charge in [-0.1, -0.05) is 73.3 Å². The first-order valence-electron chi connectivity index (χ1n) is 14.0. The molecule has 5 rings (SSSR count). The second-order valence-corrected chi connectivity index (χ2v) is 12.6. The van der Waals surface area contributed by atoms with Crippen LogP contribution < -0.4 is 14.4 Å². The van der Waals surface area contributed by atoms with Crippen molar-refractivity contribution in [1.82, 2.24) is 10.2 Å². The van der Waals surface area contributed by atoms with Gasteiger partial charge in [0.15, 0.2) is 27.4 Å². The Morgan fingerprint density at radius 2 is 1.88 bits per heavy atom. The summed E-state index contributed by atoms with van der Waals surface area (Å²) in [6.45, 7) is 8.73. The molecule has 9 nitrogen and oxygen atoms in total. The number of nitrogens with zero attached hydrogens (tertiary/aromatic N) is 3. The van der Waals surface area contributed by atoms with E-state index in [0.29, 0.717) is 52.0 Å². The lowest BCUT2D eigenvalue weighted by atomic mass is 9.95. The Kier molecular flexibility index (Phi) is 9.52. The summed E-state index contributed by atoms with van der Waals surface area (Å²) in [5.41, 5.74) is 1.56. The van der Waals surface area contributed by atoms with Crippen molar-refractivity contribution in [3.63, 3.8) is 0 Å². The number of carbonyl (C=O) groups is 2. The van der Waals surface area contributed by atoms with Crippen LogP contribution in [0.5, 0.6) is 11.5 Å². The average Bonchev–Trinajstić information content (AvgIpc) is 3.71. The summed E-state index contributed by atoms with van der Waals surface area (Å²) < 4.78 is 18.2. The Bertz CT molecular complexity index is 1630. The van der Waals surface area contributed by atoms with E-state index >= 15 is 0 Å². The second kappa shape index (κ2) is 13.5. The van der Waals surface area contributed by atoms with E-state index in [9.17, 15) is 14.7 Å². The van der Waals surface area contributed by atoms with Crippen molar-refractivity contribution < 1.29 is 28.6 Å². The van der Waals surface area contributed by atoms with Crippen LogP contribution in [0.3, 0.4) is 0 Å². The predicted molar refractivity (Wildman–Crippen MR) is 166 cm³/mol. The van der Waals surface area contributed by atoms with Gasteiger partial charge in [-0.2, -0.15) is 0 Å². The molecule has 0 saturated carbocycles. The zero-order valence-electron chi connectivity index (χ0n) is 24.4. The smallest absolute Gasteiger partial charge is 0.296 e. The molecule has 2 aromatic carbocycles. The molecule has 0 radical (unpaired) electrons. The maximum atomic E-state index is 13.7. The van der Waals surface area contributed by atoms with Gasteiger partial charge in [0.2, 0.25) is 10.9 Å². The van der Waals surface area contributed by atoms with Crippen LogP contribution in [0.4, 0.5) is 5.13 Å². The van der Waals surface area contributed by atoms with Crippen LogP contribution >= 0.6 is 23.1 Å². The average molecular weight is 620 g/mol. The van der Waals surface area contributed by atoms with Crippen molar-refractivity contribution in [3.05, 3.63) is 94.6 Å². The van der Waals surface area contributed by atoms with Gasteiger partial charge in [-0.15, -0.1) is 10.2 Å². The number of aliphatic hydroxyl groups is 1. The van der Waals surface area contributed by atoms with Gasteiger partial charge >= 0.3 is 0 Å². The summed E-state index contributed by atoms with van der Waals surface area (Å²) in [7, 11) is 0. The molecule has 1 aliphatic rings. The Hall–Kier alpha value is -4.09. The van der Waals surface area contributed by atoms with Crippen LogP contribution in [0.1, 0.15) is 60.7 Å². The van der Waals surface area contributed by atoms with Gasteiger partial charge < -0.3 is 19.0 Å². The molecule has 43 heavy (non-hydrogen) atoms. The molecule has 1 aliphatic heterocycles. The number of hydrogen-bond donors (Lipinski definition) is 1. The maximum Gasteiger partial charge on any atom is 0.296 e. The molecule has 1 unspecified atom stereocenters. The molecule has 11 heteroatoms. The molecular formula is C32H33N3O6S2. The fraction of sp³-hybridized carbons (Fsp3) is 0.312. The van der Waals surface area contributed by atoms with E-state index in [1.165, 1.54) is 34.1 Å². The first-order chi connectivity index (χ1) is 20.8. The molecule has 2 aromatic heterocycles. The second-order valence-electron chi connectivity index (χ2n) is 10.4. The number of aromatic nitrogens is 2. The minimum Gasteiger partial charge on any atom is -0.503 e. The van der Waals surface area contributed by atoms with Crippen LogP contribution in [0, 0.1) is 12.8 Å². The van der Waals surface area contributed by atoms with Crippen molar-refractivity contribution in [1.29, 1.82) is 0 Å².